The van der Waals surface area contributed by atoms with Crippen molar-refractivity contribution in [3.8, 4) is 11.1 Å². The van der Waals surface area contributed by atoms with Gasteiger partial charge in [-0.3, -0.25) is 4.79 Å². The van der Waals surface area contributed by atoms with Gasteiger partial charge in [0.25, 0.3) is 0 Å². The van der Waals surface area contributed by atoms with Crippen molar-refractivity contribution in [3.63, 3.8) is 0 Å². The Labute approximate surface area is 125 Å². The van der Waals surface area contributed by atoms with Crippen LogP contribution in [0, 0.1) is 0 Å². The zero-order valence-electron chi connectivity index (χ0n) is 11.8. The summed E-state index contributed by atoms with van der Waals surface area (Å²) < 4.78 is 37.5. The maximum absolute atomic E-state index is 12.5. The van der Waals surface area contributed by atoms with Crippen molar-refractivity contribution in [1.82, 2.24) is 0 Å². The molecule has 3 nitrogen and oxygen atoms in total. The minimum atomic E-state index is -4.34. The van der Waals surface area contributed by atoms with Crippen LogP contribution in [0.25, 0.3) is 11.1 Å². The van der Waals surface area contributed by atoms with E-state index < -0.39 is 23.7 Å². The SMILES string of the molecule is CC(Nc1ccc(-c2ccc(C(F)(F)F)cc2)cc1)C(N)=O. The molecular formula is C16H15F3N2O. The van der Waals surface area contributed by atoms with Crippen LogP contribution in [-0.2, 0) is 11.0 Å². The van der Waals surface area contributed by atoms with Crippen molar-refractivity contribution >= 4 is 11.6 Å². The van der Waals surface area contributed by atoms with Crippen molar-refractivity contribution in [2.75, 3.05) is 5.32 Å². The number of nitrogens with one attached hydrogen (secondary N) is 1. The predicted octanol–water partition coefficient (Wildman–Crippen LogP) is 3.66. The third-order valence-electron chi connectivity index (χ3n) is 3.24. The Morgan fingerprint density at radius 1 is 1.00 bits per heavy atom. The first-order chi connectivity index (χ1) is 10.3. The monoisotopic (exact) mass is 308 g/mol. The van der Waals surface area contributed by atoms with E-state index >= 15 is 0 Å². The average molecular weight is 308 g/mol. The summed E-state index contributed by atoms with van der Waals surface area (Å²) in [5.74, 6) is -0.466. The molecule has 0 saturated heterocycles. The second kappa shape index (κ2) is 6.09. The number of nitrogens with two attached hydrogens (primary N) is 1. The van der Waals surface area contributed by atoms with E-state index in [0.29, 0.717) is 11.3 Å². The summed E-state index contributed by atoms with van der Waals surface area (Å²) in [6.07, 6.45) is -4.34. The van der Waals surface area contributed by atoms with Gasteiger partial charge in [-0.05, 0) is 42.3 Å². The van der Waals surface area contributed by atoms with Crippen LogP contribution in [0.2, 0.25) is 0 Å². The number of primary amides is 1. The lowest BCUT2D eigenvalue weighted by molar-refractivity contribution is -0.137. The van der Waals surface area contributed by atoms with Crippen molar-refractivity contribution < 1.29 is 18.0 Å². The summed E-state index contributed by atoms with van der Waals surface area (Å²) in [6, 6.07) is 11.5. The van der Waals surface area contributed by atoms with Crippen LogP contribution in [0.15, 0.2) is 48.5 Å². The zero-order chi connectivity index (χ0) is 16.3. The Kier molecular flexibility index (Phi) is 4.40. The molecule has 0 saturated carbocycles. The van der Waals surface area contributed by atoms with Crippen LogP contribution in [0.4, 0.5) is 18.9 Å². The topological polar surface area (TPSA) is 55.1 Å². The molecule has 0 fully saturated rings. The van der Waals surface area contributed by atoms with Gasteiger partial charge in [0, 0.05) is 5.69 Å². The van der Waals surface area contributed by atoms with Gasteiger partial charge in [0.1, 0.15) is 6.04 Å². The fourth-order valence-electron chi connectivity index (χ4n) is 1.93. The molecular weight excluding hydrogens is 293 g/mol. The normalized spacial score (nSPS) is 12.7. The van der Waals surface area contributed by atoms with Crippen LogP contribution in [0.3, 0.4) is 0 Å². The Hall–Kier alpha value is -2.50. The minimum absolute atomic E-state index is 0.466. The highest BCUT2D eigenvalue weighted by Crippen LogP contribution is 2.31. The molecule has 2 aromatic rings. The maximum atomic E-state index is 12.5. The summed E-state index contributed by atoms with van der Waals surface area (Å²) in [7, 11) is 0. The molecule has 3 N–H and O–H groups in total. The predicted molar refractivity (Wildman–Crippen MR) is 79.2 cm³/mol. The van der Waals surface area contributed by atoms with E-state index in [-0.39, 0.29) is 0 Å². The highest BCUT2D eigenvalue weighted by atomic mass is 19.4. The number of benzene rings is 2. The van der Waals surface area contributed by atoms with Crippen LogP contribution in [0.1, 0.15) is 12.5 Å². The van der Waals surface area contributed by atoms with Crippen LogP contribution < -0.4 is 11.1 Å². The number of hydrogen-bond donors (Lipinski definition) is 2. The van der Waals surface area contributed by atoms with Gasteiger partial charge in [0.2, 0.25) is 5.91 Å². The third-order valence-corrected chi connectivity index (χ3v) is 3.24. The standard InChI is InChI=1S/C16H15F3N2O/c1-10(15(20)22)21-14-8-4-12(5-9-14)11-2-6-13(7-3-11)16(17,18)19/h2-10,21H,1H3,(H2,20,22). The lowest BCUT2D eigenvalue weighted by Gasteiger charge is -2.12. The Bertz CT molecular complexity index is 649. The molecule has 0 radical (unpaired) electrons. The maximum Gasteiger partial charge on any atom is 0.416 e. The van der Waals surface area contributed by atoms with Crippen molar-refractivity contribution in [2.45, 2.75) is 19.1 Å². The second-order valence-electron chi connectivity index (χ2n) is 4.92. The summed E-state index contributed by atoms with van der Waals surface area (Å²) in [6.45, 7) is 1.64. The number of carbonyl (C=O) groups is 1. The first-order valence-electron chi connectivity index (χ1n) is 6.61. The fourth-order valence-corrected chi connectivity index (χ4v) is 1.93. The van der Waals surface area contributed by atoms with Crippen LogP contribution >= 0.6 is 0 Å². The van der Waals surface area contributed by atoms with E-state index in [9.17, 15) is 18.0 Å². The number of amides is 1. The third kappa shape index (κ3) is 3.78. The molecule has 1 amide bonds. The summed E-state index contributed by atoms with van der Waals surface area (Å²) in [4.78, 5) is 11.0. The molecule has 0 aliphatic carbocycles. The molecule has 1 unspecified atom stereocenters. The molecule has 0 heterocycles. The molecule has 0 aromatic heterocycles. The Morgan fingerprint density at radius 3 is 1.86 bits per heavy atom. The van der Waals surface area contributed by atoms with Gasteiger partial charge >= 0.3 is 6.18 Å². The van der Waals surface area contributed by atoms with Gasteiger partial charge in [-0.1, -0.05) is 24.3 Å². The number of alkyl halides is 3. The van der Waals surface area contributed by atoms with Gasteiger partial charge in [0.05, 0.1) is 5.56 Å². The summed E-state index contributed by atoms with van der Waals surface area (Å²) in [5.41, 5.74) is 6.66. The zero-order valence-corrected chi connectivity index (χ0v) is 11.8. The first-order valence-corrected chi connectivity index (χ1v) is 6.61. The largest absolute Gasteiger partial charge is 0.416 e. The van der Waals surface area contributed by atoms with E-state index in [2.05, 4.69) is 5.32 Å². The molecule has 1 atom stereocenters. The van der Waals surface area contributed by atoms with E-state index in [1.165, 1.54) is 12.1 Å². The van der Waals surface area contributed by atoms with E-state index in [4.69, 9.17) is 5.73 Å². The van der Waals surface area contributed by atoms with Crippen LogP contribution in [0.5, 0.6) is 0 Å². The highest BCUT2D eigenvalue weighted by Gasteiger charge is 2.29. The quantitative estimate of drug-likeness (QED) is 0.905. The van der Waals surface area contributed by atoms with E-state index in [1.807, 2.05) is 0 Å². The fraction of sp³-hybridized carbons (Fsp3) is 0.188. The summed E-state index contributed by atoms with van der Waals surface area (Å²) in [5, 5.41) is 2.93. The highest BCUT2D eigenvalue weighted by molar-refractivity contribution is 5.82. The number of rotatable bonds is 4. The molecule has 0 spiro atoms. The number of anilines is 1. The van der Waals surface area contributed by atoms with E-state index in [1.54, 1.807) is 31.2 Å². The molecule has 22 heavy (non-hydrogen) atoms. The van der Waals surface area contributed by atoms with Gasteiger partial charge < -0.3 is 11.1 Å². The molecule has 0 bridgehead atoms. The smallest absolute Gasteiger partial charge is 0.374 e. The number of hydrogen-bond acceptors (Lipinski definition) is 2. The van der Waals surface area contributed by atoms with Gasteiger partial charge in [-0.15, -0.1) is 0 Å². The van der Waals surface area contributed by atoms with Crippen molar-refractivity contribution in [2.24, 2.45) is 5.73 Å². The van der Waals surface area contributed by atoms with E-state index in [0.717, 1.165) is 17.7 Å². The van der Waals surface area contributed by atoms with Crippen LogP contribution in [-0.4, -0.2) is 11.9 Å². The Balaban J connectivity index is 2.15. The van der Waals surface area contributed by atoms with Gasteiger partial charge in [-0.2, -0.15) is 13.2 Å². The molecule has 0 aliphatic heterocycles. The Morgan fingerprint density at radius 2 is 1.45 bits per heavy atom. The molecule has 2 aromatic carbocycles. The van der Waals surface area contributed by atoms with Crippen molar-refractivity contribution in [1.29, 1.82) is 0 Å². The first kappa shape index (κ1) is 15.9. The van der Waals surface area contributed by atoms with Gasteiger partial charge in [0.15, 0.2) is 0 Å². The summed E-state index contributed by atoms with van der Waals surface area (Å²) >= 11 is 0. The number of halogens is 3. The van der Waals surface area contributed by atoms with Crippen molar-refractivity contribution in [3.05, 3.63) is 54.1 Å². The molecule has 116 valence electrons. The average Bonchev–Trinajstić information content (AvgIpc) is 2.47. The number of carbonyl (C=O) groups excluding carboxylic acids is 1. The lowest BCUT2D eigenvalue weighted by Crippen LogP contribution is -2.32. The minimum Gasteiger partial charge on any atom is -0.374 e. The molecule has 6 heteroatoms. The second-order valence-corrected chi connectivity index (χ2v) is 4.92. The molecule has 2 rings (SSSR count). The lowest BCUT2D eigenvalue weighted by atomic mass is 10.0. The molecule has 0 aliphatic rings. The van der Waals surface area contributed by atoms with Gasteiger partial charge in [-0.25, -0.2) is 0 Å².